The maximum absolute atomic E-state index is 12.7. The minimum absolute atomic E-state index is 0.0706. The van der Waals surface area contributed by atoms with Gasteiger partial charge in [-0.15, -0.1) is 0 Å². The summed E-state index contributed by atoms with van der Waals surface area (Å²) < 4.78 is 5.00. The molecule has 2 aliphatic heterocycles. The van der Waals surface area contributed by atoms with Crippen LogP contribution in [0.15, 0.2) is 47.7 Å². The number of rotatable bonds is 15. The molecule has 192 valence electrons. The molecule has 1 amide bonds. The van der Waals surface area contributed by atoms with Crippen LogP contribution in [0, 0.1) is 0 Å². The van der Waals surface area contributed by atoms with Gasteiger partial charge in [-0.2, -0.15) is 0 Å². The molecule has 0 saturated heterocycles. The number of carbonyl (C=O) groups excluding carboxylic acids is 2. The lowest BCUT2D eigenvalue weighted by molar-refractivity contribution is -0.143. The molecule has 0 aliphatic carbocycles. The Morgan fingerprint density at radius 3 is 2.43 bits per heavy atom. The maximum Gasteiger partial charge on any atom is 0.325 e. The number of esters is 1. The molecule has 1 aromatic carbocycles. The van der Waals surface area contributed by atoms with E-state index in [9.17, 15) is 14.7 Å². The number of unbranched alkanes of at least 4 members (excludes halogenated alkanes) is 9. The smallest absolute Gasteiger partial charge is 0.325 e. The third-order valence-electron chi connectivity index (χ3n) is 6.90. The number of aryl methyl sites for hydroxylation is 1. The summed E-state index contributed by atoms with van der Waals surface area (Å²) in [4.78, 5) is 26.2. The van der Waals surface area contributed by atoms with E-state index in [2.05, 4.69) is 18.3 Å². The highest BCUT2D eigenvalue weighted by Gasteiger charge is 2.45. The van der Waals surface area contributed by atoms with E-state index in [1.54, 1.807) is 24.1 Å². The lowest BCUT2D eigenvalue weighted by Gasteiger charge is -2.28. The summed E-state index contributed by atoms with van der Waals surface area (Å²) in [6.45, 7) is 4.67. The molecule has 0 fully saturated rings. The summed E-state index contributed by atoms with van der Waals surface area (Å²) in [6.07, 6.45) is 17.5. The maximum atomic E-state index is 12.7. The van der Waals surface area contributed by atoms with Crippen molar-refractivity contribution in [1.29, 1.82) is 0 Å². The van der Waals surface area contributed by atoms with Crippen LogP contribution in [-0.4, -0.2) is 41.6 Å². The second-order valence-corrected chi connectivity index (χ2v) is 9.71. The molecule has 0 bridgehead atoms. The molecule has 2 aliphatic rings. The van der Waals surface area contributed by atoms with Gasteiger partial charge in [-0.3, -0.25) is 9.59 Å². The summed E-state index contributed by atoms with van der Waals surface area (Å²) in [5.74, 6) is -0.643. The van der Waals surface area contributed by atoms with Crippen molar-refractivity contribution in [2.45, 2.75) is 90.2 Å². The molecule has 2 N–H and O–H groups in total. The van der Waals surface area contributed by atoms with Gasteiger partial charge in [-0.05, 0) is 31.4 Å². The summed E-state index contributed by atoms with van der Waals surface area (Å²) in [7, 11) is 0. The fraction of sp³-hybridized carbons (Fsp3) is 0.586. The first-order valence-electron chi connectivity index (χ1n) is 13.4. The third-order valence-corrected chi connectivity index (χ3v) is 6.90. The van der Waals surface area contributed by atoms with Crippen LogP contribution in [0.2, 0.25) is 0 Å². The number of hydrogen-bond acceptors (Lipinski definition) is 5. The SMILES string of the molecule is CCCCCCCCCCCCc1cccc(C2(O)NC(=O)C3=C2C=CN(CC(=O)OCC)C3)c1. The standard InChI is InChI=1S/C29H42N2O4/c1-3-5-6-7-8-9-10-11-12-13-15-23-16-14-17-24(20-23)29(34)26-18-19-31(22-27(32)35-4-2)21-25(26)28(33)30-29/h14,16-20,34H,3-13,15,21-22H2,1-2H3,(H,30,33). The van der Waals surface area contributed by atoms with Crippen LogP contribution in [0.25, 0.3) is 0 Å². The molecule has 6 heteroatoms. The summed E-state index contributed by atoms with van der Waals surface area (Å²) in [5, 5.41) is 14.3. The predicted octanol–water partition coefficient (Wildman–Crippen LogP) is 5.11. The molecule has 0 spiro atoms. The van der Waals surface area contributed by atoms with Crippen molar-refractivity contribution < 1.29 is 19.4 Å². The zero-order chi connectivity index (χ0) is 25.1. The van der Waals surface area contributed by atoms with E-state index in [1.165, 1.54) is 63.4 Å². The molecule has 1 unspecified atom stereocenters. The third kappa shape index (κ3) is 7.44. The molecule has 6 nitrogen and oxygen atoms in total. The molecule has 3 rings (SSSR count). The highest BCUT2D eigenvalue weighted by atomic mass is 16.5. The van der Waals surface area contributed by atoms with Crippen LogP contribution >= 0.6 is 0 Å². The fourth-order valence-electron chi connectivity index (χ4n) is 4.94. The van der Waals surface area contributed by atoms with Gasteiger partial charge >= 0.3 is 5.97 Å². The number of nitrogens with zero attached hydrogens (tertiary/aromatic N) is 1. The quantitative estimate of drug-likeness (QED) is 0.268. The van der Waals surface area contributed by atoms with Crippen molar-refractivity contribution in [1.82, 2.24) is 10.2 Å². The Morgan fingerprint density at radius 1 is 1.06 bits per heavy atom. The first-order valence-corrected chi connectivity index (χ1v) is 13.4. The Hall–Kier alpha value is -2.60. The van der Waals surface area contributed by atoms with Gasteiger partial charge in [0.05, 0.1) is 6.61 Å². The molecule has 0 aromatic heterocycles. The molecular formula is C29H42N2O4. The second-order valence-electron chi connectivity index (χ2n) is 9.71. The Balaban J connectivity index is 1.51. The van der Waals surface area contributed by atoms with Crippen molar-refractivity contribution in [3.05, 3.63) is 58.8 Å². The number of aliphatic hydroxyl groups is 1. The minimum Gasteiger partial charge on any atom is -0.465 e. The average molecular weight is 483 g/mol. The number of carbonyl (C=O) groups is 2. The van der Waals surface area contributed by atoms with Crippen LogP contribution in [0.4, 0.5) is 0 Å². The van der Waals surface area contributed by atoms with E-state index in [1.807, 2.05) is 18.2 Å². The first-order chi connectivity index (χ1) is 17.0. The normalized spacial score (nSPS) is 19.2. The predicted molar refractivity (Wildman–Crippen MR) is 138 cm³/mol. The Kier molecular flexibility index (Phi) is 10.4. The van der Waals surface area contributed by atoms with Crippen molar-refractivity contribution in [2.24, 2.45) is 0 Å². The van der Waals surface area contributed by atoms with Gasteiger partial charge in [0.2, 0.25) is 0 Å². The molecule has 0 radical (unpaired) electrons. The summed E-state index contributed by atoms with van der Waals surface area (Å²) >= 11 is 0. The number of nitrogens with one attached hydrogen (secondary N) is 1. The zero-order valence-corrected chi connectivity index (χ0v) is 21.5. The molecule has 1 atom stereocenters. The number of amides is 1. The van der Waals surface area contributed by atoms with Gasteiger partial charge in [0.1, 0.15) is 6.54 Å². The van der Waals surface area contributed by atoms with Crippen LogP contribution < -0.4 is 5.32 Å². The van der Waals surface area contributed by atoms with E-state index >= 15 is 0 Å². The van der Waals surface area contributed by atoms with Crippen LogP contribution in [0.1, 0.15) is 89.2 Å². The van der Waals surface area contributed by atoms with E-state index in [4.69, 9.17) is 4.74 Å². The Bertz CT molecular complexity index is 923. The minimum atomic E-state index is -1.55. The van der Waals surface area contributed by atoms with Gasteiger partial charge < -0.3 is 20.1 Å². The largest absolute Gasteiger partial charge is 0.465 e. The summed E-state index contributed by atoms with van der Waals surface area (Å²) in [5.41, 5.74) is 1.33. The molecule has 1 aromatic rings. The van der Waals surface area contributed by atoms with Gasteiger partial charge in [0.25, 0.3) is 5.91 Å². The molecule has 0 saturated carbocycles. The van der Waals surface area contributed by atoms with Crippen LogP contribution in [0.3, 0.4) is 0 Å². The van der Waals surface area contributed by atoms with E-state index in [0.717, 1.165) is 12.8 Å². The van der Waals surface area contributed by atoms with Crippen LogP contribution in [-0.2, 0) is 26.5 Å². The molecule has 2 heterocycles. The molecular weight excluding hydrogens is 440 g/mol. The Labute approximate surface area is 210 Å². The van der Waals surface area contributed by atoms with E-state index in [0.29, 0.717) is 23.3 Å². The van der Waals surface area contributed by atoms with Crippen LogP contribution in [0.5, 0.6) is 0 Å². The lowest BCUT2D eigenvalue weighted by Crippen LogP contribution is -2.41. The molecule has 35 heavy (non-hydrogen) atoms. The van der Waals surface area contributed by atoms with Crippen molar-refractivity contribution >= 4 is 11.9 Å². The number of benzene rings is 1. The summed E-state index contributed by atoms with van der Waals surface area (Å²) in [6, 6.07) is 7.90. The van der Waals surface area contributed by atoms with Crippen molar-refractivity contribution in [3.8, 4) is 0 Å². The average Bonchev–Trinajstić information content (AvgIpc) is 3.11. The zero-order valence-electron chi connectivity index (χ0n) is 21.5. The van der Waals surface area contributed by atoms with E-state index in [-0.39, 0.29) is 25.0 Å². The van der Waals surface area contributed by atoms with Gasteiger partial charge in [-0.25, -0.2) is 0 Å². The fourth-order valence-corrected chi connectivity index (χ4v) is 4.94. The highest BCUT2D eigenvalue weighted by molar-refractivity contribution is 6.00. The van der Waals surface area contributed by atoms with Gasteiger partial charge in [0.15, 0.2) is 5.72 Å². The van der Waals surface area contributed by atoms with E-state index < -0.39 is 5.72 Å². The first kappa shape index (κ1) is 27.0. The monoisotopic (exact) mass is 482 g/mol. The second kappa shape index (κ2) is 13.5. The Morgan fingerprint density at radius 2 is 1.74 bits per heavy atom. The van der Waals surface area contributed by atoms with Gasteiger partial charge in [-0.1, -0.05) is 89.0 Å². The van der Waals surface area contributed by atoms with Gasteiger partial charge in [0, 0.05) is 29.5 Å². The topological polar surface area (TPSA) is 78.9 Å². The number of ether oxygens (including phenoxy) is 1. The van der Waals surface area contributed by atoms with Crippen molar-refractivity contribution in [3.63, 3.8) is 0 Å². The lowest BCUT2D eigenvalue weighted by atomic mass is 9.91. The van der Waals surface area contributed by atoms with Crippen molar-refractivity contribution in [2.75, 3.05) is 19.7 Å². The highest BCUT2D eigenvalue weighted by Crippen LogP contribution is 2.37. The number of hydrogen-bond donors (Lipinski definition) is 2.